The zero-order chi connectivity index (χ0) is 19.8. The molecule has 3 aliphatic rings. The summed E-state index contributed by atoms with van der Waals surface area (Å²) >= 11 is 0. The van der Waals surface area contributed by atoms with Crippen LogP contribution in [0.25, 0.3) is 0 Å². The fourth-order valence-electron chi connectivity index (χ4n) is 5.04. The average molecular weight is 386 g/mol. The van der Waals surface area contributed by atoms with Gasteiger partial charge in [-0.2, -0.15) is 0 Å². The molecule has 3 aliphatic heterocycles. The molecule has 2 amide bonds. The van der Waals surface area contributed by atoms with Crippen molar-refractivity contribution in [1.82, 2.24) is 9.80 Å². The zero-order valence-electron chi connectivity index (χ0n) is 15.7. The van der Waals surface area contributed by atoms with Gasteiger partial charge in [-0.25, -0.2) is 4.39 Å². The summed E-state index contributed by atoms with van der Waals surface area (Å²) in [6, 6.07) is 6.60. The molecule has 2 saturated heterocycles. The molecule has 1 aromatic carbocycles. The van der Waals surface area contributed by atoms with E-state index in [0.29, 0.717) is 13.1 Å². The summed E-state index contributed by atoms with van der Waals surface area (Å²) in [6.45, 7) is 0.852. The van der Waals surface area contributed by atoms with Gasteiger partial charge >= 0.3 is 5.97 Å². The lowest BCUT2D eigenvalue weighted by molar-refractivity contribution is -0.151. The molecule has 4 atom stereocenters. The number of fused-ring (bicyclic) bond motifs is 2. The van der Waals surface area contributed by atoms with Gasteiger partial charge in [-0.3, -0.25) is 24.2 Å². The van der Waals surface area contributed by atoms with Crippen molar-refractivity contribution in [3.05, 3.63) is 47.8 Å². The number of rotatable bonds is 5. The minimum absolute atomic E-state index is 0.0120. The van der Waals surface area contributed by atoms with Crippen molar-refractivity contribution in [1.29, 1.82) is 0 Å². The lowest BCUT2D eigenvalue weighted by Gasteiger charge is -2.44. The first-order valence-corrected chi connectivity index (χ1v) is 9.62. The molecule has 6 nitrogen and oxygen atoms in total. The Morgan fingerprint density at radius 1 is 1.11 bits per heavy atom. The maximum atomic E-state index is 13.4. The predicted octanol–water partition coefficient (Wildman–Crippen LogP) is 1.86. The summed E-state index contributed by atoms with van der Waals surface area (Å²) in [7, 11) is 1.39. The number of carbonyl (C=O) groups excluding carboxylic acids is 3. The van der Waals surface area contributed by atoms with Gasteiger partial charge in [0.1, 0.15) is 5.82 Å². The Hall–Kier alpha value is -2.54. The highest BCUT2D eigenvalue weighted by Crippen LogP contribution is 2.47. The van der Waals surface area contributed by atoms with Gasteiger partial charge in [-0.05, 0) is 37.0 Å². The third-order valence-corrected chi connectivity index (χ3v) is 6.32. The number of methoxy groups -OCH3 is 1. The highest BCUT2D eigenvalue weighted by atomic mass is 19.1. The minimum atomic E-state index is -0.350. The number of amides is 2. The van der Waals surface area contributed by atoms with Gasteiger partial charge in [0, 0.05) is 43.2 Å². The second-order valence-corrected chi connectivity index (χ2v) is 7.64. The van der Waals surface area contributed by atoms with Crippen LogP contribution in [0.3, 0.4) is 0 Å². The third kappa shape index (κ3) is 3.24. The summed E-state index contributed by atoms with van der Waals surface area (Å²) in [6.07, 6.45) is 5.16. The number of hydrogen-bond acceptors (Lipinski definition) is 5. The Labute approximate surface area is 162 Å². The number of imide groups is 1. The van der Waals surface area contributed by atoms with Crippen molar-refractivity contribution in [2.24, 2.45) is 5.92 Å². The summed E-state index contributed by atoms with van der Waals surface area (Å²) in [5.41, 5.74) is 0.947. The number of hydrogen-bond donors (Lipinski definition) is 0. The van der Waals surface area contributed by atoms with Crippen molar-refractivity contribution >= 4 is 17.8 Å². The van der Waals surface area contributed by atoms with E-state index < -0.39 is 0 Å². The van der Waals surface area contributed by atoms with Crippen molar-refractivity contribution in [2.45, 2.75) is 37.3 Å². The second-order valence-electron chi connectivity index (χ2n) is 7.64. The van der Waals surface area contributed by atoms with E-state index in [1.807, 2.05) is 0 Å². The third-order valence-electron chi connectivity index (χ3n) is 6.32. The van der Waals surface area contributed by atoms with E-state index in [1.165, 1.54) is 36.3 Å². The number of benzene rings is 1. The van der Waals surface area contributed by atoms with Crippen LogP contribution < -0.4 is 0 Å². The van der Waals surface area contributed by atoms with Gasteiger partial charge in [-0.1, -0.05) is 12.1 Å². The van der Waals surface area contributed by atoms with E-state index in [9.17, 15) is 18.8 Å². The monoisotopic (exact) mass is 386 g/mol. The highest BCUT2D eigenvalue weighted by Gasteiger charge is 2.51. The van der Waals surface area contributed by atoms with Crippen molar-refractivity contribution < 1.29 is 23.5 Å². The lowest BCUT2D eigenvalue weighted by Crippen LogP contribution is -2.53. The van der Waals surface area contributed by atoms with Crippen molar-refractivity contribution in [2.75, 3.05) is 20.2 Å². The van der Waals surface area contributed by atoms with Gasteiger partial charge < -0.3 is 4.74 Å². The average Bonchev–Trinajstić information content (AvgIpc) is 3.15. The van der Waals surface area contributed by atoms with Crippen LogP contribution in [0.4, 0.5) is 4.39 Å². The van der Waals surface area contributed by atoms with Crippen molar-refractivity contribution in [3.63, 3.8) is 0 Å². The fraction of sp³-hybridized carbons (Fsp3) is 0.476. The van der Waals surface area contributed by atoms with Gasteiger partial charge in [0.05, 0.1) is 13.0 Å². The number of carbonyl (C=O) groups is 3. The molecular weight excluding hydrogens is 363 g/mol. The molecule has 0 aliphatic carbocycles. The van der Waals surface area contributed by atoms with Crippen LogP contribution in [0, 0.1) is 11.7 Å². The molecule has 3 heterocycles. The molecule has 1 aromatic rings. The molecule has 0 radical (unpaired) electrons. The van der Waals surface area contributed by atoms with E-state index >= 15 is 0 Å². The molecular formula is C21H23FN2O4. The minimum Gasteiger partial charge on any atom is -0.469 e. The van der Waals surface area contributed by atoms with E-state index in [0.717, 1.165) is 24.8 Å². The van der Waals surface area contributed by atoms with E-state index in [4.69, 9.17) is 4.74 Å². The first-order valence-electron chi connectivity index (χ1n) is 9.62. The van der Waals surface area contributed by atoms with Gasteiger partial charge in [0.15, 0.2) is 0 Å². The fourth-order valence-corrected chi connectivity index (χ4v) is 5.04. The lowest BCUT2D eigenvalue weighted by atomic mass is 9.76. The molecule has 2 fully saturated rings. The second kappa shape index (κ2) is 7.47. The zero-order valence-corrected chi connectivity index (χ0v) is 15.7. The largest absolute Gasteiger partial charge is 0.469 e. The molecule has 0 aromatic heterocycles. The van der Waals surface area contributed by atoms with Crippen LogP contribution in [0.15, 0.2) is 36.4 Å². The molecule has 0 N–H and O–H groups in total. The van der Waals surface area contributed by atoms with Gasteiger partial charge in [0.25, 0.3) is 11.8 Å². The Morgan fingerprint density at radius 2 is 1.79 bits per heavy atom. The number of halogens is 1. The first kappa shape index (κ1) is 18.8. The van der Waals surface area contributed by atoms with E-state index in [-0.39, 0.29) is 47.5 Å². The summed E-state index contributed by atoms with van der Waals surface area (Å²) in [5.74, 6) is -1.52. The highest BCUT2D eigenvalue weighted by molar-refractivity contribution is 6.12. The molecule has 2 bridgehead atoms. The van der Waals surface area contributed by atoms with Crippen molar-refractivity contribution in [3.8, 4) is 0 Å². The van der Waals surface area contributed by atoms with Crippen LogP contribution in [-0.2, 0) is 19.1 Å². The van der Waals surface area contributed by atoms with E-state index in [1.54, 1.807) is 12.1 Å². The Kier molecular flexibility index (Phi) is 5.02. The summed E-state index contributed by atoms with van der Waals surface area (Å²) in [5, 5.41) is 0. The maximum absolute atomic E-state index is 13.4. The van der Waals surface area contributed by atoms with Crippen LogP contribution in [0.5, 0.6) is 0 Å². The Bertz CT molecular complexity index is 804. The van der Waals surface area contributed by atoms with Crippen LogP contribution in [0.2, 0.25) is 0 Å². The number of ether oxygens (including phenoxy) is 1. The predicted molar refractivity (Wildman–Crippen MR) is 98.6 cm³/mol. The normalized spacial score (nSPS) is 29.6. The molecule has 0 saturated carbocycles. The molecule has 0 spiro atoms. The number of esters is 1. The standard InChI is InChI=1S/C21H23FN2O4/c1-28-21(27)20-16(13-2-4-14(22)5-3-13)12-15-6-7-17(20)23(15)10-11-24-18(25)8-9-19(24)26/h2-5,8-9,15-17,20H,6-7,10-12H2,1H3. The Morgan fingerprint density at radius 3 is 2.43 bits per heavy atom. The van der Waals surface area contributed by atoms with Crippen LogP contribution >= 0.6 is 0 Å². The number of nitrogens with zero attached hydrogens (tertiary/aromatic N) is 2. The summed E-state index contributed by atoms with van der Waals surface area (Å²) in [4.78, 5) is 39.8. The first-order chi connectivity index (χ1) is 13.5. The van der Waals surface area contributed by atoms with Crippen LogP contribution in [0.1, 0.15) is 30.7 Å². The maximum Gasteiger partial charge on any atom is 0.310 e. The van der Waals surface area contributed by atoms with E-state index in [2.05, 4.69) is 4.90 Å². The number of piperidine rings is 1. The molecule has 148 valence electrons. The quantitative estimate of drug-likeness (QED) is 0.571. The SMILES string of the molecule is COC(=O)C1C(c2ccc(F)cc2)CC2CCC1N2CCN1C(=O)C=CC1=O. The molecule has 4 rings (SSSR count). The topological polar surface area (TPSA) is 66.9 Å². The Balaban J connectivity index is 1.54. The van der Waals surface area contributed by atoms with Gasteiger partial charge in [0.2, 0.25) is 0 Å². The molecule has 28 heavy (non-hydrogen) atoms. The molecule has 4 unspecified atom stereocenters. The molecule has 7 heteroatoms. The summed E-state index contributed by atoms with van der Waals surface area (Å²) < 4.78 is 18.5. The smallest absolute Gasteiger partial charge is 0.310 e. The van der Waals surface area contributed by atoms with Gasteiger partial charge in [-0.15, -0.1) is 0 Å². The van der Waals surface area contributed by atoms with Crippen LogP contribution in [-0.4, -0.2) is 59.9 Å².